The molecule has 2 fully saturated rings. The van der Waals surface area contributed by atoms with E-state index >= 15 is 0 Å². The zero-order chi connectivity index (χ0) is 13.4. The molecule has 0 bridgehead atoms. The first-order valence-corrected chi connectivity index (χ1v) is 7.57. The van der Waals surface area contributed by atoms with Gasteiger partial charge in [0.25, 0.3) is 0 Å². The van der Waals surface area contributed by atoms with Crippen molar-refractivity contribution in [1.82, 2.24) is 4.90 Å². The second-order valence-electron chi connectivity index (χ2n) is 5.36. The number of benzene rings is 1. The summed E-state index contributed by atoms with van der Waals surface area (Å²) in [6, 6.07) is 6.67. The van der Waals surface area contributed by atoms with E-state index in [1.807, 2.05) is 12.1 Å². The van der Waals surface area contributed by atoms with E-state index in [-0.39, 0.29) is 5.84 Å². The molecule has 0 spiro atoms. The number of nitrogens with two attached hydrogens (primary N) is 1. The Morgan fingerprint density at radius 2 is 2.16 bits per heavy atom. The smallest absolute Gasteiger partial charge is 0.122 e. The van der Waals surface area contributed by atoms with E-state index in [1.165, 1.54) is 25.1 Å². The van der Waals surface area contributed by atoms with Crippen LogP contribution in [0.15, 0.2) is 22.7 Å². The van der Waals surface area contributed by atoms with Crippen LogP contribution < -0.4 is 10.6 Å². The van der Waals surface area contributed by atoms with E-state index in [4.69, 9.17) is 11.1 Å². The lowest BCUT2D eigenvalue weighted by Crippen LogP contribution is -2.50. The second-order valence-corrected chi connectivity index (χ2v) is 6.21. The maximum atomic E-state index is 7.48. The summed E-state index contributed by atoms with van der Waals surface area (Å²) in [7, 11) is 0. The number of nitrogens with zero attached hydrogens (tertiary/aromatic N) is 2. The Morgan fingerprint density at radius 3 is 2.89 bits per heavy atom. The Balaban J connectivity index is 1.80. The summed E-state index contributed by atoms with van der Waals surface area (Å²) in [5.74, 6) is 0.118. The summed E-state index contributed by atoms with van der Waals surface area (Å²) >= 11 is 3.62. The Morgan fingerprint density at radius 1 is 1.32 bits per heavy atom. The van der Waals surface area contributed by atoms with Crippen molar-refractivity contribution < 1.29 is 0 Å². The normalized spacial score (nSPS) is 23.4. The highest BCUT2D eigenvalue weighted by atomic mass is 79.9. The van der Waals surface area contributed by atoms with Gasteiger partial charge in [-0.3, -0.25) is 10.3 Å². The molecule has 2 heterocycles. The lowest BCUT2D eigenvalue weighted by atomic mass is 10.1. The average Bonchev–Trinajstić information content (AvgIpc) is 2.85. The van der Waals surface area contributed by atoms with E-state index in [9.17, 15) is 0 Å². The van der Waals surface area contributed by atoms with Gasteiger partial charge < -0.3 is 10.6 Å². The van der Waals surface area contributed by atoms with Crippen molar-refractivity contribution in [2.45, 2.75) is 18.9 Å². The van der Waals surface area contributed by atoms with Crippen molar-refractivity contribution in [2.24, 2.45) is 5.73 Å². The molecule has 1 atom stereocenters. The van der Waals surface area contributed by atoms with Gasteiger partial charge in [-0.1, -0.05) is 0 Å². The van der Waals surface area contributed by atoms with Gasteiger partial charge in [0.2, 0.25) is 0 Å². The van der Waals surface area contributed by atoms with Crippen LogP contribution in [0.4, 0.5) is 5.69 Å². The molecule has 3 N–H and O–H groups in total. The van der Waals surface area contributed by atoms with Gasteiger partial charge >= 0.3 is 0 Å². The Labute approximate surface area is 122 Å². The minimum atomic E-state index is 0.118. The first kappa shape index (κ1) is 12.9. The van der Waals surface area contributed by atoms with Gasteiger partial charge in [-0.15, -0.1) is 0 Å². The van der Waals surface area contributed by atoms with Gasteiger partial charge in [0.1, 0.15) is 5.84 Å². The van der Waals surface area contributed by atoms with Crippen molar-refractivity contribution in [3.05, 3.63) is 28.2 Å². The van der Waals surface area contributed by atoms with Crippen molar-refractivity contribution in [3.63, 3.8) is 0 Å². The maximum absolute atomic E-state index is 7.48. The highest BCUT2D eigenvalue weighted by Crippen LogP contribution is 2.31. The van der Waals surface area contributed by atoms with Crippen molar-refractivity contribution >= 4 is 27.5 Å². The van der Waals surface area contributed by atoms with Gasteiger partial charge in [0.05, 0.1) is 5.69 Å². The largest absolute Gasteiger partial charge is 0.384 e. The summed E-state index contributed by atoms with van der Waals surface area (Å²) in [5, 5.41) is 7.48. The van der Waals surface area contributed by atoms with Gasteiger partial charge in [-0.05, 0) is 53.5 Å². The van der Waals surface area contributed by atoms with Crippen LogP contribution in [-0.4, -0.2) is 43.0 Å². The number of hydrogen-bond donors (Lipinski definition) is 2. The molecule has 102 valence electrons. The first-order valence-electron chi connectivity index (χ1n) is 6.78. The number of rotatable bonds is 2. The molecule has 0 aromatic heterocycles. The van der Waals surface area contributed by atoms with E-state index in [0.29, 0.717) is 6.04 Å². The lowest BCUT2D eigenvalue weighted by Gasteiger charge is -2.39. The highest BCUT2D eigenvalue weighted by molar-refractivity contribution is 9.10. The fourth-order valence-electron chi connectivity index (χ4n) is 3.14. The molecule has 5 heteroatoms. The molecular formula is C14H19BrN4. The molecule has 0 radical (unpaired) electrons. The number of anilines is 1. The number of hydrogen-bond acceptors (Lipinski definition) is 3. The molecule has 0 amide bonds. The molecule has 1 aromatic carbocycles. The number of nitrogens with one attached hydrogen (secondary N) is 1. The van der Waals surface area contributed by atoms with Gasteiger partial charge in [-0.25, -0.2) is 0 Å². The third kappa shape index (κ3) is 2.49. The topological polar surface area (TPSA) is 56.4 Å². The summed E-state index contributed by atoms with van der Waals surface area (Å²) in [6.45, 7) is 4.61. The minimum absolute atomic E-state index is 0.118. The van der Waals surface area contributed by atoms with E-state index < -0.39 is 0 Å². The Hall–Kier alpha value is -1.07. The van der Waals surface area contributed by atoms with Gasteiger partial charge in [0.15, 0.2) is 0 Å². The summed E-state index contributed by atoms with van der Waals surface area (Å²) in [4.78, 5) is 5.05. The number of fused-ring (bicyclic) bond motifs is 1. The summed E-state index contributed by atoms with van der Waals surface area (Å²) in [5.41, 5.74) is 7.52. The Kier molecular flexibility index (Phi) is 3.50. The monoisotopic (exact) mass is 322 g/mol. The van der Waals surface area contributed by atoms with Crippen LogP contribution in [0.2, 0.25) is 0 Å². The third-order valence-electron chi connectivity index (χ3n) is 4.19. The fraction of sp³-hybridized carbons (Fsp3) is 0.500. The zero-order valence-corrected chi connectivity index (χ0v) is 12.5. The SMILES string of the molecule is N=C(N)c1ccc(N2CCN3CCCC3C2)c(Br)c1. The van der Waals surface area contributed by atoms with E-state index in [1.54, 1.807) is 0 Å². The predicted octanol–water partition coefficient (Wildman–Crippen LogP) is 2.02. The van der Waals surface area contributed by atoms with Crippen LogP contribution in [0.25, 0.3) is 0 Å². The standard InChI is InChI=1S/C14H19BrN4/c15-12-8-10(14(16)17)3-4-13(12)19-7-6-18-5-1-2-11(18)9-19/h3-4,8,11H,1-2,5-7,9H2,(H3,16,17). The van der Waals surface area contributed by atoms with Crippen LogP contribution in [-0.2, 0) is 0 Å². The van der Waals surface area contributed by atoms with E-state index in [2.05, 4.69) is 31.8 Å². The number of halogens is 1. The number of amidine groups is 1. The number of nitrogen functional groups attached to an aromatic ring is 1. The molecule has 1 unspecified atom stereocenters. The van der Waals surface area contributed by atoms with E-state index in [0.717, 1.165) is 29.7 Å². The third-order valence-corrected chi connectivity index (χ3v) is 4.82. The van der Waals surface area contributed by atoms with Crippen molar-refractivity contribution in [3.8, 4) is 0 Å². The van der Waals surface area contributed by atoms with Crippen LogP contribution in [0.5, 0.6) is 0 Å². The van der Waals surface area contributed by atoms with Gasteiger partial charge in [0, 0.05) is 35.7 Å². The molecule has 2 aliphatic heterocycles. The first-order chi connectivity index (χ1) is 9.15. The van der Waals surface area contributed by atoms with Crippen molar-refractivity contribution in [1.29, 1.82) is 5.41 Å². The van der Waals surface area contributed by atoms with Gasteiger partial charge in [-0.2, -0.15) is 0 Å². The molecule has 1 aromatic rings. The molecule has 4 nitrogen and oxygen atoms in total. The minimum Gasteiger partial charge on any atom is -0.384 e. The second kappa shape index (κ2) is 5.13. The zero-order valence-electron chi connectivity index (χ0n) is 10.9. The predicted molar refractivity (Wildman–Crippen MR) is 82.0 cm³/mol. The molecule has 0 saturated carbocycles. The van der Waals surface area contributed by atoms with Crippen molar-refractivity contribution in [2.75, 3.05) is 31.1 Å². The highest BCUT2D eigenvalue weighted by Gasteiger charge is 2.31. The molecular weight excluding hydrogens is 304 g/mol. The van der Waals surface area contributed by atoms with Crippen LogP contribution in [0.3, 0.4) is 0 Å². The molecule has 19 heavy (non-hydrogen) atoms. The number of piperazine rings is 1. The Bertz CT molecular complexity index is 502. The summed E-state index contributed by atoms with van der Waals surface area (Å²) < 4.78 is 1.03. The lowest BCUT2D eigenvalue weighted by molar-refractivity contribution is 0.231. The fourth-order valence-corrected chi connectivity index (χ4v) is 3.77. The van der Waals surface area contributed by atoms with Crippen LogP contribution >= 0.6 is 15.9 Å². The quantitative estimate of drug-likeness (QED) is 0.647. The van der Waals surface area contributed by atoms with Crippen LogP contribution in [0, 0.1) is 5.41 Å². The molecule has 3 rings (SSSR count). The molecule has 0 aliphatic carbocycles. The van der Waals surface area contributed by atoms with Crippen LogP contribution in [0.1, 0.15) is 18.4 Å². The molecule has 2 aliphatic rings. The summed E-state index contributed by atoms with van der Waals surface area (Å²) in [6.07, 6.45) is 2.66. The maximum Gasteiger partial charge on any atom is 0.122 e. The molecule has 2 saturated heterocycles. The average molecular weight is 323 g/mol.